The second-order valence-electron chi connectivity index (χ2n) is 5.69. The van der Waals surface area contributed by atoms with Gasteiger partial charge in [-0.25, -0.2) is 13.1 Å². The maximum Gasteiger partial charge on any atom is 0.208 e. The summed E-state index contributed by atoms with van der Waals surface area (Å²) in [6.45, 7) is 5.71. The van der Waals surface area contributed by atoms with E-state index in [1.807, 2.05) is 6.20 Å². The molecule has 0 bridgehead atoms. The van der Waals surface area contributed by atoms with Crippen molar-refractivity contribution in [2.45, 2.75) is 32.4 Å². The van der Waals surface area contributed by atoms with Gasteiger partial charge in [0.1, 0.15) is 0 Å². The van der Waals surface area contributed by atoms with Crippen molar-refractivity contribution in [3.63, 3.8) is 0 Å². The number of nitrogens with one attached hydrogen (secondary N) is 1. The van der Waals surface area contributed by atoms with E-state index in [4.69, 9.17) is 4.74 Å². The van der Waals surface area contributed by atoms with E-state index in [0.717, 1.165) is 31.7 Å². The summed E-state index contributed by atoms with van der Waals surface area (Å²) < 4.78 is 30.3. The maximum atomic E-state index is 11.1. The van der Waals surface area contributed by atoms with Crippen molar-refractivity contribution in [2.75, 3.05) is 32.5 Å². The zero-order valence-corrected chi connectivity index (χ0v) is 14.1. The first-order chi connectivity index (χ1) is 10.5. The Balaban J connectivity index is 1.79. The molecule has 0 aliphatic carbocycles. The van der Waals surface area contributed by atoms with E-state index in [-0.39, 0.29) is 6.10 Å². The van der Waals surface area contributed by atoms with Crippen LogP contribution in [-0.2, 0) is 27.7 Å². The van der Waals surface area contributed by atoms with Gasteiger partial charge >= 0.3 is 0 Å². The average molecular weight is 327 g/mol. The number of aromatic nitrogens is 1. The molecular formula is C15H25N3O3S. The Morgan fingerprint density at radius 1 is 1.45 bits per heavy atom. The molecule has 1 fully saturated rings. The third-order valence-corrected chi connectivity index (χ3v) is 4.46. The Bertz CT molecular complexity index is 560. The third kappa shape index (κ3) is 6.00. The minimum absolute atomic E-state index is 0.0675. The van der Waals surface area contributed by atoms with E-state index in [0.29, 0.717) is 19.6 Å². The first kappa shape index (κ1) is 17.3. The van der Waals surface area contributed by atoms with Crippen LogP contribution in [0.15, 0.2) is 18.3 Å². The number of rotatable bonds is 7. The van der Waals surface area contributed by atoms with Crippen LogP contribution in [-0.4, -0.2) is 56.9 Å². The Morgan fingerprint density at radius 2 is 2.27 bits per heavy atom. The molecule has 6 nitrogen and oxygen atoms in total. The quantitative estimate of drug-likeness (QED) is 0.801. The van der Waals surface area contributed by atoms with Gasteiger partial charge in [-0.2, -0.15) is 0 Å². The summed E-state index contributed by atoms with van der Waals surface area (Å²) in [5.74, 6) is 0. The van der Waals surface area contributed by atoms with Crippen LogP contribution >= 0.6 is 0 Å². The molecule has 1 N–H and O–H groups in total. The van der Waals surface area contributed by atoms with Gasteiger partial charge in [-0.05, 0) is 24.5 Å². The Labute approximate surface area is 132 Å². The molecule has 1 saturated heterocycles. The lowest BCUT2D eigenvalue weighted by Crippen LogP contribution is -2.43. The van der Waals surface area contributed by atoms with Crippen molar-refractivity contribution in [1.82, 2.24) is 14.6 Å². The molecule has 1 atom stereocenters. The van der Waals surface area contributed by atoms with Crippen LogP contribution in [0.3, 0.4) is 0 Å². The van der Waals surface area contributed by atoms with E-state index >= 15 is 0 Å². The van der Waals surface area contributed by atoms with Crippen LogP contribution in [0.2, 0.25) is 0 Å². The first-order valence-electron chi connectivity index (χ1n) is 7.68. The van der Waals surface area contributed by atoms with E-state index < -0.39 is 10.0 Å². The molecule has 1 aliphatic heterocycles. The number of aryl methyl sites for hydroxylation is 1. The molecule has 22 heavy (non-hydrogen) atoms. The van der Waals surface area contributed by atoms with Gasteiger partial charge in [-0.15, -0.1) is 0 Å². The fourth-order valence-corrected chi connectivity index (χ4v) is 2.98. The fourth-order valence-electron chi connectivity index (χ4n) is 2.49. The smallest absolute Gasteiger partial charge is 0.208 e. The lowest BCUT2D eigenvalue weighted by Gasteiger charge is -2.32. The van der Waals surface area contributed by atoms with Crippen molar-refractivity contribution in [3.8, 4) is 0 Å². The summed E-state index contributed by atoms with van der Waals surface area (Å²) in [4.78, 5) is 6.80. The fraction of sp³-hybridized carbons (Fsp3) is 0.667. The van der Waals surface area contributed by atoms with E-state index in [9.17, 15) is 8.42 Å². The summed E-state index contributed by atoms with van der Waals surface area (Å²) in [6.07, 6.45) is 4.86. The summed E-state index contributed by atoms with van der Waals surface area (Å²) in [5, 5.41) is 0. The molecule has 7 heteroatoms. The monoisotopic (exact) mass is 327 g/mol. The van der Waals surface area contributed by atoms with Gasteiger partial charge in [0.25, 0.3) is 0 Å². The Kier molecular flexibility index (Phi) is 6.31. The van der Waals surface area contributed by atoms with E-state index in [2.05, 4.69) is 33.7 Å². The first-order valence-corrected chi connectivity index (χ1v) is 9.58. The molecule has 0 saturated carbocycles. The van der Waals surface area contributed by atoms with Gasteiger partial charge < -0.3 is 4.74 Å². The molecule has 0 aromatic carbocycles. The number of hydrogen-bond donors (Lipinski definition) is 1. The Morgan fingerprint density at radius 3 is 2.91 bits per heavy atom. The lowest BCUT2D eigenvalue weighted by atomic mass is 10.2. The number of pyridine rings is 1. The zero-order chi connectivity index (χ0) is 16.0. The van der Waals surface area contributed by atoms with Crippen LogP contribution < -0.4 is 4.72 Å². The maximum absolute atomic E-state index is 11.1. The standard InChI is InChI=1S/C15H25N3O3S/c1-3-13-4-5-14(16-10-13)11-18-8-9-21-15(12-18)6-7-17-22(2,19)20/h4-5,10,15,17H,3,6-9,11-12H2,1-2H3. The summed E-state index contributed by atoms with van der Waals surface area (Å²) in [7, 11) is -3.12. The predicted octanol–water partition coefficient (Wildman–Crippen LogP) is 0.784. The van der Waals surface area contributed by atoms with Gasteiger partial charge in [0.05, 0.1) is 24.7 Å². The molecule has 2 heterocycles. The molecule has 0 radical (unpaired) electrons. The highest BCUT2D eigenvalue weighted by Gasteiger charge is 2.20. The number of morpholine rings is 1. The largest absolute Gasteiger partial charge is 0.376 e. The SMILES string of the molecule is CCc1ccc(CN2CCOC(CCNS(C)(=O)=O)C2)nc1. The van der Waals surface area contributed by atoms with Crippen LogP contribution in [0.4, 0.5) is 0 Å². The van der Waals surface area contributed by atoms with Crippen molar-refractivity contribution in [1.29, 1.82) is 0 Å². The summed E-state index contributed by atoms with van der Waals surface area (Å²) >= 11 is 0. The highest BCUT2D eigenvalue weighted by atomic mass is 32.2. The van der Waals surface area contributed by atoms with Gasteiger partial charge in [0, 0.05) is 32.4 Å². The number of nitrogens with zero attached hydrogens (tertiary/aromatic N) is 2. The molecule has 1 aromatic rings. The predicted molar refractivity (Wildman–Crippen MR) is 86.1 cm³/mol. The van der Waals surface area contributed by atoms with E-state index in [1.165, 1.54) is 11.8 Å². The second-order valence-corrected chi connectivity index (χ2v) is 7.53. The number of ether oxygens (including phenoxy) is 1. The van der Waals surface area contributed by atoms with E-state index in [1.54, 1.807) is 0 Å². The minimum atomic E-state index is -3.12. The van der Waals surface area contributed by atoms with Crippen molar-refractivity contribution < 1.29 is 13.2 Å². The normalized spacial score (nSPS) is 20.2. The van der Waals surface area contributed by atoms with Crippen molar-refractivity contribution in [3.05, 3.63) is 29.6 Å². The molecule has 1 aliphatic rings. The average Bonchev–Trinajstić information content (AvgIpc) is 2.47. The summed E-state index contributed by atoms with van der Waals surface area (Å²) in [6, 6.07) is 4.20. The van der Waals surface area contributed by atoms with Crippen molar-refractivity contribution >= 4 is 10.0 Å². The third-order valence-electron chi connectivity index (χ3n) is 3.73. The van der Waals surface area contributed by atoms with Crippen LogP contribution in [0.5, 0.6) is 0 Å². The molecule has 124 valence electrons. The highest BCUT2D eigenvalue weighted by Crippen LogP contribution is 2.12. The second kappa shape index (κ2) is 8.01. The van der Waals surface area contributed by atoms with Gasteiger partial charge in [0.2, 0.25) is 10.0 Å². The van der Waals surface area contributed by atoms with Gasteiger partial charge in [-0.3, -0.25) is 9.88 Å². The molecular weight excluding hydrogens is 302 g/mol. The van der Waals surface area contributed by atoms with Gasteiger partial charge in [0.15, 0.2) is 0 Å². The van der Waals surface area contributed by atoms with Crippen LogP contribution in [0.1, 0.15) is 24.6 Å². The van der Waals surface area contributed by atoms with Gasteiger partial charge in [-0.1, -0.05) is 13.0 Å². The Hall–Kier alpha value is -1.02. The molecule has 2 rings (SSSR count). The minimum Gasteiger partial charge on any atom is -0.376 e. The number of sulfonamides is 1. The molecule has 1 unspecified atom stereocenters. The highest BCUT2D eigenvalue weighted by molar-refractivity contribution is 7.88. The summed E-state index contributed by atoms with van der Waals surface area (Å²) in [5.41, 5.74) is 2.31. The van der Waals surface area contributed by atoms with Crippen LogP contribution in [0.25, 0.3) is 0 Å². The molecule has 0 amide bonds. The molecule has 1 aromatic heterocycles. The topological polar surface area (TPSA) is 71.5 Å². The van der Waals surface area contributed by atoms with Crippen LogP contribution in [0, 0.1) is 0 Å². The van der Waals surface area contributed by atoms with Crippen molar-refractivity contribution in [2.24, 2.45) is 0 Å². The number of hydrogen-bond acceptors (Lipinski definition) is 5. The lowest BCUT2D eigenvalue weighted by molar-refractivity contribution is -0.0342. The molecule has 0 spiro atoms. The zero-order valence-electron chi connectivity index (χ0n) is 13.3.